The molecule has 0 N–H and O–H groups in total. The fourth-order valence-electron chi connectivity index (χ4n) is 1.86. The van der Waals surface area contributed by atoms with Gasteiger partial charge in [0, 0.05) is 10.9 Å². The summed E-state index contributed by atoms with van der Waals surface area (Å²) in [6, 6.07) is 8.32. The molecule has 0 radical (unpaired) electrons. The van der Waals surface area contributed by atoms with E-state index in [-0.39, 0.29) is 5.60 Å². The van der Waals surface area contributed by atoms with Crippen LogP contribution in [-0.2, 0) is 10.3 Å². The van der Waals surface area contributed by atoms with Crippen LogP contribution in [0.1, 0.15) is 18.9 Å². The number of rotatable bonds is 3. The van der Waals surface area contributed by atoms with Crippen molar-refractivity contribution in [3.8, 4) is 0 Å². The largest absolute Gasteiger partial charge is 0.361 e. The van der Waals surface area contributed by atoms with E-state index in [4.69, 9.17) is 4.74 Å². The van der Waals surface area contributed by atoms with E-state index in [0.29, 0.717) is 6.10 Å². The molecular weight excluding hydrogens is 240 g/mol. The molecule has 1 aromatic rings. The average molecular weight is 253 g/mol. The van der Waals surface area contributed by atoms with Crippen LogP contribution in [-0.4, -0.2) is 6.10 Å². The first-order valence-electron chi connectivity index (χ1n) is 4.74. The molecule has 2 unspecified atom stereocenters. The van der Waals surface area contributed by atoms with Gasteiger partial charge in [-0.1, -0.05) is 34.1 Å². The van der Waals surface area contributed by atoms with Crippen LogP contribution < -0.4 is 0 Å². The van der Waals surface area contributed by atoms with Gasteiger partial charge in [-0.2, -0.15) is 0 Å². The molecule has 1 aliphatic heterocycles. The maximum atomic E-state index is 5.68. The molecule has 74 valence electrons. The quantitative estimate of drug-likeness (QED) is 0.591. The van der Waals surface area contributed by atoms with Gasteiger partial charge in [0.2, 0.25) is 0 Å². The number of ether oxygens (including phenoxy) is 1. The van der Waals surface area contributed by atoms with Crippen molar-refractivity contribution < 1.29 is 4.74 Å². The highest BCUT2D eigenvalue weighted by atomic mass is 79.9. The van der Waals surface area contributed by atoms with E-state index < -0.39 is 0 Å². The number of epoxide rings is 1. The second-order valence-electron chi connectivity index (χ2n) is 3.65. The normalized spacial score (nSPS) is 30.0. The van der Waals surface area contributed by atoms with Gasteiger partial charge in [0.25, 0.3) is 0 Å². The number of benzene rings is 1. The molecule has 14 heavy (non-hydrogen) atoms. The summed E-state index contributed by atoms with van der Waals surface area (Å²) in [6.45, 7) is 5.88. The van der Waals surface area contributed by atoms with E-state index in [9.17, 15) is 0 Å². The highest BCUT2D eigenvalue weighted by Gasteiger charge is 2.53. The zero-order chi connectivity index (χ0) is 10.2. The van der Waals surface area contributed by atoms with E-state index in [0.717, 1.165) is 10.9 Å². The van der Waals surface area contributed by atoms with E-state index in [1.165, 1.54) is 5.56 Å². The Hall–Kier alpha value is -0.600. The van der Waals surface area contributed by atoms with Crippen LogP contribution in [0.25, 0.3) is 0 Å². The first-order valence-corrected chi connectivity index (χ1v) is 5.53. The molecule has 1 nitrogen and oxygen atoms in total. The Bertz CT molecular complexity index is 344. The monoisotopic (exact) mass is 252 g/mol. The molecule has 1 fully saturated rings. The third kappa shape index (κ3) is 1.53. The minimum Gasteiger partial charge on any atom is -0.361 e. The van der Waals surface area contributed by atoms with Crippen molar-refractivity contribution in [2.75, 3.05) is 0 Å². The number of hydrogen-bond donors (Lipinski definition) is 0. The van der Waals surface area contributed by atoms with E-state index in [1.807, 2.05) is 6.08 Å². The Morgan fingerprint density at radius 3 is 2.50 bits per heavy atom. The minimum absolute atomic E-state index is 0.0948. The van der Waals surface area contributed by atoms with Crippen molar-refractivity contribution in [1.29, 1.82) is 0 Å². The zero-order valence-electron chi connectivity index (χ0n) is 8.16. The van der Waals surface area contributed by atoms with Gasteiger partial charge in [0.1, 0.15) is 5.60 Å². The maximum absolute atomic E-state index is 5.68. The fourth-order valence-corrected chi connectivity index (χ4v) is 2.13. The lowest BCUT2D eigenvalue weighted by atomic mass is 9.93. The topological polar surface area (TPSA) is 12.5 Å². The van der Waals surface area contributed by atoms with Gasteiger partial charge in [-0.25, -0.2) is 0 Å². The van der Waals surface area contributed by atoms with Gasteiger partial charge in [-0.05, 0) is 24.6 Å². The Balaban J connectivity index is 2.29. The summed E-state index contributed by atoms with van der Waals surface area (Å²) in [6.07, 6.45) is 3.11. The number of halogens is 1. The third-order valence-corrected chi connectivity index (χ3v) is 3.30. The molecule has 1 aromatic carbocycles. The lowest BCUT2D eigenvalue weighted by molar-refractivity contribution is 0.300. The summed E-state index contributed by atoms with van der Waals surface area (Å²) in [5.74, 6) is 0. The summed E-state index contributed by atoms with van der Waals surface area (Å²) >= 11 is 3.43. The van der Waals surface area contributed by atoms with Crippen LogP contribution >= 0.6 is 15.9 Å². The van der Waals surface area contributed by atoms with Crippen molar-refractivity contribution in [2.24, 2.45) is 0 Å². The summed E-state index contributed by atoms with van der Waals surface area (Å²) < 4.78 is 6.78. The molecule has 0 aliphatic carbocycles. The van der Waals surface area contributed by atoms with Crippen LogP contribution in [0.2, 0.25) is 0 Å². The van der Waals surface area contributed by atoms with E-state index in [2.05, 4.69) is 53.7 Å². The third-order valence-electron chi connectivity index (χ3n) is 2.77. The Morgan fingerprint density at radius 1 is 1.50 bits per heavy atom. The highest BCUT2D eigenvalue weighted by Crippen LogP contribution is 2.49. The molecule has 0 spiro atoms. The van der Waals surface area contributed by atoms with Gasteiger partial charge < -0.3 is 4.74 Å². The highest BCUT2D eigenvalue weighted by molar-refractivity contribution is 9.10. The first kappa shape index (κ1) is 9.94. The van der Waals surface area contributed by atoms with Crippen LogP contribution in [0.4, 0.5) is 0 Å². The molecule has 2 heteroatoms. The molecule has 1 aliphatic rings. The van der Waals surface area contributed by atoms with Crippen molar-refractivity contribution in [2.45, 2.75) is 25.0 Å². The van der Waals surface area contributed by atoms with E-state index >= 15 is 0 Å². The SMILES string of the molecule is C=CCC1(c2ccc(Br)cc2)OC1C. The average Bonchev–Trinajstić information content (AvgIpc) is 2.79. The molecule has 0 aromatic heterocycles. The lowest BCUT2D eigenvalue weighted by Gasteiger charge is -2.10. The summed E-state index contributed by atoms with van der Waals surface area (Å²) in [5, 5.41) is 0. The molecule has 1 saturated heterocycles. The molecule has 0 amide bonds. The summed E-state index contributed by atoms with van der Waals surface area (Å²) in [5.41, 5.74) is 1.15. The van der Waals surface area contributed by atoms with Crippen molar-refractivity contribution >= 4 is 15.9 Å². The second-order valence-corrected chi connectivity index (χ2v) is 4.56. The second kappa shape index (κ2) is 3.52. The Labute approximate surface area is 92.9 Å². The zero-order valence-corrected chi connectivity index (χ0v) is 9.75. The van der Waals surface area contributed by atoms with Crippen LogP contribution in [0.15, 0.2) is 41.4 Å². The fraction of sp³-hybridized carbons (Fsp3) is 0.333. The van der Waals surface area contributed by atoms with E-state index in [1.54, 1.807) is 0 Å². The van der Waals surface area contributed by atoms with Crippen LogP contribution in [0.3, 0.4) is 0 Å². The lowest BCUT2D eigenvalue weighted by Crippen LogP contribution is -2.10. The molecule has 1 heterocycles. The van der Waals surface area contributed by atoms with Crippen molar-refractivity contribution in [3.63, 3.8) is 0 Å². The number of hydrogen-bond acceptors (Lipinski definition) is 1. The van der Waals surface area contributed by atoms with Gasteiger partial charge in [-0.3, -0.25) is 0 Å². The molecule has 0 saturated carbocycles. The smallest absolute Gasteiger partial charge is 0.123 e. The minimum atomic E-state index is -0.0948. The van der Waals surface area contributed by atoms with Crippen molar-refractivity contribution in [3.05, 3.63) is 47.0 Å². The van der Waals surface area contributed by atoms with Crippen LogP contribution in [0, 0.1) is 0 Å². The van der Waals surface area contributed by atoms with Gasteiger partial charge in [-0.15, -0.1) is 6.58 Å². The Kier molecular flexibility index (Phi) is 2.50. The van der Waals surface area contributed by atoms with Gasteiger partial charge >= 0.3 is 0 Å². The van der Waals surface area contributed by atoms with Gasteiger partial charge in [0.05, 0.1) is 6.10 Å². The molecular formula is C12H13BrO. The van der Waals surface area contributed by atoms with Crippen LogP contribution in [0.5, 0.6) is 0 Å². The summed E-state index contributed by atoms with van der Waals surface area (Å²) in [7, 11) is 0. The predicted molar refractivity (Wildman–Crippen MR) is 61.2 cm³/mol. The molecule has 0 bridgehead atoms. The summed E-state index contributed by atoms with van der Waals surface area (Å²) in [4.78, 5) is 0. The maximum Gasteiger partial charge on any atom is 0.123 e. The molecule has 2 rings (SSSR count). The van der Waals surface area contributed by atoms with Gasteiger partial charge in [0.15, 0.2) is 0 Å². The predicted octanol–water partition coefficient (Wildman–Crippen LogP) is 3.64. The molecule has 2 atom stereocenters. The first-order chi connectivity index (χ1) is 6.69. The Morgan fingerprint density at radius 2 is 2.07 bits per heavy atom. The van der Waals surface area contributed by atoms with Crippen molar-refractivity contribution in [1.82, 2.24) is 0 Å². The standard InChI is InChI=1S/C12H13BrO/c1-3-8-12(9(2)14-12)10-4-6-11(13)7-5-10/h3-7,9H,1,8H2,2H3.